The maximum atomic E-state index is 13.7. The zero-order valence-corrected chi connectivity index (χ0v) is 13.2. The first-order valence-corrected chi connectivity index (χ1v) is 8.25. The summed E-state index contributed by atoms with van der Waals surface area (Å²) in [5.74, 6) is -0.728. The Balaban J connectivity index is 2.09. The Morgan fingerprint density at radius 3 is 2.57 bits per heavy atom. The van der Waals surface area contributed by atoms with E-state index in [1.165, 1.54) is 0 Å². The molecule has 0 saturated carbocycles. The Hall–Kier alpha value is -1.51. The van der Waals surface area contributed by atoms with Gasteiger partial charge in [0.25, 0.3) is 0 Å². The fourth-order valence-electron chi connectivity index (χ4n) is 1.67. The Morgan fingerprint density at radius 2 is 1.95 bits per heavy atom. The number of pyridine rings is 1. The van der Waals surface area contributed by atoms with Crippen LogP contribution >= 0.6 is 15.9 Å². The zero-order chi connectivity index (χ0) is 15.5. The number of primary sulfonamides is 1. The van der Waals surface area contributed by atoms with Gasteiger partial charge in [0, 0.05) is 24.9 Å². The number of nitrogens with zero attached hydrogens (tertiary/aromatic N) is 1. The van der Waals surface area contributed by atoms with E-state index in [0.717, 1.165) is 17.7 Å². The van der Waals surface area contributed by atoms with Gasteiger partial charge in [-0.1, -0.05) is 0 Å². The van der Waals surface area contributed by atoms with Crippen molar-refractivity contribution in [3.05, 3.63) is 52.5 Å². The molecule has 0 unspecified atom stereocenters. The van der Waals surface area contributed by atoms with Crippen LogP contribution in [0.1, 0.15) is 5.56 Å². The fraction of sp³-hybridized carbons (Fsp3) is 0.154. The molecule has 2 aromatic rings. The lowest BCUT2D eigenvalue weighted by Gasteiger charge is -2.10. The van der Waals surface area contributed by atoms with Gasteiger partial charge in [-0.2, -0.15) is 0 Å². The first kappa shape index (κ1) is 15.9. The third-order valence-corrected chi connectivity index (χ3v) is 4.24. The van der Waals surface area contributed by atoms with Crippen molar-refractivity contribution < 1.29 is 17.5 Å². The number of hydrogen-bond donors (Lipinski definition) is 1. The highest BCUT2D eigenvalue weighted by Crippen LogP contribution is 2.30. The number of benzene rings is 1. The van der Waals surface area contributed by atoms with Crippen molar-refractivity contribution in [2.75, 3.05) is 6.61 Å². The third-order valence-electron chi connectivity index (χ3n) is 2.69. The van der Waals surface area contributed by atoms with Gasteiger partial charge < -0.3 is 4.74 Å². The molecule has 1 aromatic heterocycles. The van der Waals surface area contributed by atoms with Crippen molar-refractivity contribution in [2.24, 2.45) is 5.14 Å². The van der Waals surface area contributed by atoms with Gasteiger partial charge in [0.15, 0.2) is 0 Å². The van der Waals surface area contributed by atoms with Crippen molar-refractivity contribution in [3.8, 4) is 5.75 Å². The Bertz CT molecular complexity index is 739. The minimum atomic E-state index is -4.10. The molecule has 8 heteroatoms. The largest absolute Gasteiger partial charge is 0.492 e. The fourth-order valence-corrected chi connectivity index (χ4v) is 2.89. The lowest BCUT2D eigenvalue weighted by molar-refractivity contribution is 0.317. The van der Waals surface area contributed by atoms with Crippen molar-refractivity contribution in [3.63, 3.8) is 0 Å². The van der Waals surface area contributed by atoms with Crippen LogP contribution in [0.3, 0.4) is 0 Å². The minimum absolute atomic E-state index is 0.217. The summed E-state index contributed by atoms with van der Waals surface area (Å²) in [6, 6.07) is 5.79. The van der Waals surface area contributed by atoms with E-state index in [4.69, 9.17) is 9.88 Å². The summed E-state index contributed by atoms with van der Waals surface area (Å²) < 4.78 is 41.8. The van der Waals surface area contributed by atoms with E-state index >= 15 is 0 Å². The standard InChI is InChI=1S/C13H12BrFN2O3S/c14-10-7-13(21(16,18)19)11(15)8-12(10)20-6-3-9-1-4-17-5-2-9/h1-2,4-5,7-8H,3,6H2,(H2,16,18,19). The van der Waals surface area contributed by atoms with Crippen LogP contribution in [0, 0.1) is 5.82 Å². The molecule has 21 heavy (non-hydrogen) atoms. The number of aromatic nitrogens is 1. The molecule has 0 aliphatic heterocycles. The number of halogens is 2. The lowest BCUT2D eigenvalue weighted by atomic mass is 10.2. The molecule has 0 bridgehead atoms. The number of hydrogen-bond acceptors (Lipinski definition) is 4. The predicted molar refractivity (Wildman–Crippen MR) is 78.9 cm³/mol. The van der Waals surface area contributed by atoms with Crippen molar-refractivity contribution >= 4 is 26.0 Å². The molecule has 0 aliphatic carbocycles. The first-order valence-electron chi connectivity index (χ1n) is 5.91. The van der Waals surface area contributed by atoms with E-state index < -0.39 is 20.7 Å². The smallest absolute Gasteiger partial charge is 0.241 e. The van der Waals surface area contributed by atoms with Gasteiger partial charge in [0.05, 0.1) is 11.1 Å². The average molecular weight is 375 g/mol. The van der Waals surface area contributed by atoms with Crippen LogP contribution in [0.4, 0.5) is 4.39 Å². The molecule has 0 aliphatic rings. The second kappa shape index (κ2) is 6.50. The van der Waals surface area contributed by atoms with Gasteiger partial charge in [-0.25, -0.2) is 17.9 Å². The van der Waals surface area contributed by atoms with Gasteiger partial charge in [0.2, 0.25) is 10.0 Å². The molecule has 0 amide bonds. The monoisotopic (exact) mass is 374 g/mol. The number of sulfonamides is 1. The Morgan fingerprint density at radius 1 is 1.29 bits per heavy atom. The molecular weight excluding hydrogens is 363 g/mol. The Labute approximate surface area is 130 Å². The molecule has 0 radical (unpaired) electrons. The maximum absolute atomic E-state index is 13.7. The predicted octanol–water partition coefficient (Wildman–Crippen LogP) is 2.25. The normalized spacial score (nSPS) is 11.4. The van der Waals surface area contributed by atoms with Crippen LogP contribution in [0.15, 0.2) is 46.0 Å². The summed E-state index contributed by atoms with van der Waals surface area (Å²) in [5.41, 5.74) is 1.03. The van der Waals surface area contributed by atoms with E-state index in [1.54, 1.807) is 12.4 Å². The molecule has 1 heterocycles. The molecule has 0 spiro atoms. The number of nitrogens with two attached hydrogens (primary N) is 1. The molecular formula is C13H12BrFN2O3S. The van der Waals surface area contributed by atoms with Crippen LogP contribution in [-0.2, 0) is 16.4 Å². The molecule has 1 aromatic carbocycles. The maximum Gasteiger partial charge on any atom is 0.241 e. The first-order chi connectivity index (χ1) is 9.88. The molecule has 0 saturated heterocycles. The second-order valence-electron chi connectivity index (χ2n) is 4.21. The van der Waals surface area contributed by atoms with Gasteiger partial charge >= 0.3 is 0 Å². The summed E-state index contributed by atoms with van der Waals surface area (Å²) >= 11 is 3.14. The molecule has 2 N–H and O–H groups in total. The lowest BCUT2D eigenvalue weighted by Crippen LogP contribution is -2.14. The highest BCUT2D eigenvalue weighted by molar-refractivity contribution is 9.10. The van der Waals surface area contributed by atoms with Crippen molar-refractivity contribution in [2.45, 2.75) is 11.3 Å². The Kier molecular flexibility index (Phi) is 4.92. The minimum Gasteiger partial charge on any atom is -0.492 e. The number of ether oxygens (including phenoxy) is 1. The van der Waals surface area contributed by atoms with Crippen molar-refractivity contribution in [1.29, 1.82) is 0 Å². The van der Waals surface area contributed by atoms with Crippen molar-refractivity contribution in [1.82, 2.24) is 4.98 Å². The van der Waals surface area contributed by atoms with Gasteiger partial charge in [-0.3, -0.25) is 4.98 Å². The summed E-state index contributed by atoms with van der Waals surface area (Å²) in [6.45, 7) is 0.316. The SMILES string of the molecule is NS(=O)(=O)c1cc(Br)c(OCCc2ccncc2)cc1F. The summed E-state index contributed by atoms with van der Waals surface area (Å²) in [6.07, 6.45) is 3.96. The van der Waals surface area contributed by atoms with Gasteiger partial charge in [0.1, 0.15) is 16.5 Å². The van der Waals surface area contributed by atoms with E-state index in [2.05, 4.69) is 20.9 Å². The summed E-state index contributed by atoms with van der Waals surface area (Å²) in [4.78, 5) is 3.33. The van der Waals surface area contributed by atoms with Crippen LogP contribution in [-0.4, -0.2) is 20.0 Å². The molecule has 5 nitrogen and oxygen atoms in total. The highest BCUT2D eigenvalue weighted by Gasteiger charge is 2.17. The zero-order valence-electron chi connectivity index (χ0n) is 10.8. The van der Waals surface area contributed by atoms with E-state index in [-0.39, 0.29) is 5.75 Å². The molecule has 112 valence electrons. The van der Waals surface area contributed by atoms with Crippen LogP contribution < -0.4 is 9.88 Å². The van der Waals surface area contributed by atoms with E-state index in [0.29, 0.717) is 17.5 Å². The highest BCUT2D eigenvalue weighted by atomic mass is 79.9. The topological polar surface area (TPSA) is 82.3 Å². The second-order valence-corrected chi connectivity index (χ2v) is 6.60. The van der Waals surface area contributed by atoms with Gasteiger partial charge in [-0.05, 0) is 39.7 Å². The molecule has 2 rings (SSSR count). The summed E-state index contributed by atoms with van der Waals surface area (Å²) in [7, 11) is -4.10. The van der Waals surface area contributed by atoms with Crippen LogP contribution in [0.2, 0.25) is 0 Å². The van der Waals surface area contributed by atoms with Gasteiger partial charge in [-0.15, -0.1) is 0 Å². The quantitative estimate of drug-likeness (QED) is 0.869. The molecule has 0 fully saturated rings. The van der Waals surface area contributed by atoms with E-state index in [1.807, 2.05) is 12.1 Å². The summed E-state index contributed by atoms with van der Waals surface area (Å²) in [5, 5.41) is 4.92. The van der Waals surface area contributed by atoms with Crippen LogP contribution in [0.25, 0.3) is 0 Å². The van der Waals surface area contributed by atoms with Crippen LogP contribution in [0.5, 0.6) is 5.75 Å². The van der Waals surface area contributed by atoms with E-state index in [9.17, 15) is 12.8 Å². The average Bonchev–Trinajstić information content (AvgIpc) is 2.42. The third kappa shape index (κ3) is 4.23. The molecule has 0 atom stereocenters. The number of rotatable bonds is 5.